The minimum atomic E-state index is 0.646. The van der Waals surface area contributed by atoms with E-state index in [-0.39, 0.29) is 0 Å². The van der Waals surface area contributed by atoms with Crippen LogP contribution in [0.3, 0.4) is 0 Å². The zero-order chi connectivity index (χ0) is 16.1. The smallest absolute Gasteiger partial charge is 0.151 e. The van der Waals surface area contributed by atoms with E-state index in [9.17, 15) is 0 Å². The van der Waals surface area contributed by atoms with Crippen molar-refractivity contribution in [2.45, 2.75) is 52.1 Å². The van der Waals surface area contributed by atoms with E-state index in [2.05, 4.69) is 31.3 Å². The summed E-state index contributed by atoms with van der Waals surface area (Å²) in [6, 6.07) is 0. The zero-order valence-corrected chi connectivity index (χ0v) is 14.6. The van der Waals surface area contributed by atoms with Gasteiger partial charge >= 0.3 is 0 Å². The minimum Gasteiger partial charge on any atom is -0.344 e. The number of rotatable bonds is 7. The van der Waals surface area contributed by atoms with Crippen LogP contribution in [0.4, 0.5) is 0 Å². The first kappa shape index (κ1) is 16.5. The van der Waals surface area contributed by atoms with Crippen molar-refractivity contribution in [1.82, 2.24) is 24.4 Å². The Hall–Kier alpha value is -1.33. The number of piperidine rings is 1. The molecule has 2 aromatic heterocycles. The summed E-state index contributed by atoms with van der Waals surface area (Å²) in [6.07, 6.45) is 11.6. The summed E-state index contributed by atoms with van der Waals surface area (Å²) in [4.78, 5) is 14.5. The first-order valence-electron chi connectivity index (χ1n) is 8.66. The second kappa shape index (κ2) is 7.97. The highest BCUT2D eigenvalue weighted by atomic mass is 35.5. The Balaban J connectivity index is 1.56. The average molecular weight is 336 g/mol. The van der Waals surface area contributed by atoms with Gasteiger partial charge in [0.05, 0.1) is 12.0 Å². The maximum Gasteiger partial charge on any atom is 0.151 e. The molecule has 1 saturated heterocycles. The number of aromatic amines is 1. The predicted molar refractivity (Wildman–Crippen MR) is 92.4 cm³/mol. The molecule has 0 aliphatic carbocycles. The molecule has 2 aromatic rings. The van der Waals surface area contributed by atoms with Gasteiger partial charge in [0.2, 0.25) is 0 Å². The highest BCUT2D eigenvalue weighted by molar-refractivity contribution is 6.30. The number of aryl methyl sites for hydroxylation is 1. The van der Waals surface area contributed by atoms with Gasteiger partial charge in [0, 0.05) is 38.4 Å². The summed E-state index contributed by atoms with van der Waals surface area (Å²) in [7, 11) is 0. The second-order valence-corrected chi connectivity index (χ2v) is 6.92. The van der Waals surface area contributed by atoms with Crippen LogP contribution in [0.1, 0.15) is 44.1 Å². The fourth-order valence-corrected chi connectivity index (χ4v) is 3.58. The van der Waals surface area contributed by atoms with Crippen molar-refractivity contribution in [2.75, 3.05) is 13.1 Å². The van der Waals surface area contributed by atoms with Gasteiger partial charge in [-0.25, -0.2) is 9.97 Å². The fraction of sp³-hybridized carbons (Fsp3) is 0.647. The molecule has 1 aliphatic heterocycles. The molecular weight excluding hydrogens is 310 g/mol. The van der Waals surface area contributed by atoms with Crippen LogP contribution in [0.5, 0.6) is 0 Å². The molecule has 1 atom stereocenters. The molecule has 0 aromatic carbocycles. The molecule has 1 N–H and O–H groups in total. The molecule has 1 aliphatic rings. The van der Waals surface area contributed by atoms with Gasteiger partial charge in [0.1, 0.15) is 5.82 Å². The largest absolute Gasteiger partial charge is 0.344 e. The van der Waals surface area contributed by atoms with Crippen molar-refractivity contribution in [1.29, 1.82) is 0 Å². The van der Waals surface area contributed by atoms with Crippen molar-refractivity contribution >= 4 is 11.6 Å². The Morgan fingerprint density at radius 1 is 1.43 bits per heavy atom. The molecule has 0 radical (unpaired) electrons. The third-order valence-corrected chi connectivity index (χ3v) is 4.87. The molecule has 0 amide bonds. The van der Waals surface area contributed by atoms with Crippen molar-refractivity contribution in [3.63, 3.8) is 0 Å². The molecule has 1 fully saturated rings. The van der Waals surface area contributed by atoms with Gasteiger partial charge in [-0.15, -0.1) is 0 Å². The van der Waals surface area contributed by atoms with Gasteiger partial charge in [-0.1, -0.05) is 24.9 Å². The van der Waals surface area contributed by atoms with Crippen LogP contribution in [-0.4, -0.2) is 37.5 Å². The van der Waals surface area contributed by atoms with Gasteiger partial charge in [-0.05, 0) is 31.7 Å². The average Bonchev–Trinajstić information content (AvgIpc) is 3.16. The minimum absolute atomic E-state index is 0.646. The Kier molecular flexibility index (Phi) is 5.73. The number of unbranched alkanes of at least 4 members (excludes halogenated alkanes) is 1. The van der Waals surface area contributed by atoms with Crippen LogP contribution in [0, 0.1) is 5.92 Å². The first-order chi connectivity index (χ1) is 11.2. The molecule has 3 rings (SSSR count). The third kappa shape index (κ3) is 4.58. The van der Waals surface area contributed by atoms with E-state index in [1.165, 1.54) is 19.3 Å². The van der Waals surface area contributed by atoms with Crippen LogP contribution in [-0.2, 0) is 19.5 Å². The SMILES string of the molecule is CCCCc1nc(Cl)c(CN2CCC[C@H](Cn3ccnc3)C2)[nH]1. The lowest BCUT2D eigenvalue weighted by Crippen LogP contribution is -2.36. The van der Waals surface area contributed by atoms with Gasteiger partial charge in [0.15, 0.2) is 5.15 Å². The van der Waals surface area contributed by atoms with E-state index in [4.69, 9.17) is 11.6 Å². The molecular formula is C17H26ClN5. The number of hydrogen-bond acceptors (Lipinski definition) is 3. The quantitative estimate of drug-likeness (QED) is 0.842. The molecule has 23 heavy (non-hydrogen) atoms. The van der Waals surface area contributed by atoms with E-state index < -0.39 is 0 Å². The monoisotopic (exact) mass is 335 g/mol. The first-order valence-corrected chi connectivity index (χ1v) is 9.03. The highest BCUT2D eigenvalue weighted by Gasteiger charge is 2.22. The Morgan fingerprint density at radius 2 is 2.35 bits per heavy atom. The fourth-order valence-electron chi connectivity index (χ4n) is 3.37. The highest BCUT2D eigenvalue weighted by Crippen LogP contribution is 2.22. The van der Waals surface area contributed by atoms with Gasteiger partial charge in [-0.3, -0.25) is 4.90 Å². The number of aromatic nitrogens is 4. The van der Waals surface area contributed by atoms with Crippen LogP contribution in [0.25, 0.3) is 0 Å². The van der Waals surface area contributed by atoms with Crippen LogP contribution in [0.15, 0.2) is 18.7 Å². The number of imidazole rings is 2. The molecule has 3 heterocycles. The van der Waals surface area contributed by atoms with E-state index in [0.29, 0.717) is 11.1 Å². The number of hydrogen-bond donors (Lipinski definition) is 1. The topological polar surface area (TPSA) is 49.7 Å². The molecule has 0 bridgehead atoms. The van der Waals surface area contributed by atoms with E-state index in [1.807, 2.05) is 18.7 Å². The normalized spacial score (nSPS) is 19.3. The number of likely N-dealkylation sites (tertiary alicyclic amines) is 1. The van der Waals surface area contributed by atoms with Crippen molar-refractivity contribution in [3.05, 3.63) is 35.4 Å². The second-order valence-electron chi connectivity index (χ2n) is 6.56. The summed E-state index contributed by atoms with van der Waals surface area (Å²) in [6.45, 7) is 6.37. The molecule has 5 nitrogen and oxygen atoms in total. The summed E-state index contributed by atoms with van der Waals surface area (Å²) in [5.74, 6) is 1.71. The zero-order valence-electron chi connectivity index (χ0n) is 13.8. The van der Waals surface area contributed by atoms with Crippen LogP contribution >= 0.6 is 11.6 Å². The number of nitrogens with zero attached hydrogens (tertiary/aromatic N) is 4. The summed E-state index contributed by atoms with van der Waals surface area (Å²) >= 11 is 6.31. The van der Waals surface area contributed by atoms with Crippen molar-refractivity contribution in [3.8, 4) is 0 Å². The molecule has 0 saturated carbocycles. The number of nitrogens with one attached hydrogen (secondary N) is 1. The predicted octanol–water partition coefficient (Wildman–Crippen LogP) is 3.51. The number of H-pyrrole nitrogens is 1. The van der Waals surface area contributed by atoms with E-state index in [0.717, 1.165) is 50.5 Å². The number of halogens is 1. The van der Waals surface area contributed by atoms with Crippen LogP contribution < -0.4 is 0 Å². The molecule has 0 unspecified atom stereocenters. The lowest BCUT2D eigenvalue weighted by molar-refractivity contribution is 0.154. The molecule has 6 heteroatoms. The lowest BCUT2D eigenvalue weighted by Gasteiger charge is -2.32. The summed E-state index contributed by atoms with van der Waals surface area (Å²) in [5.41, 5.74) is 1.07. The van der Waals surface area contributed by atoms with Gasteiger partial charge in [0.25, 0.3) is 0 Å². The van der Waals surface area contributed by atoms with Crippen molar-refractivity contribution < 1.29 is 0 Å². The third-order valence-electron chi connectivity index (χ3n) is 4.56. The van der Waals surface area contributed by atoms with Crippen LogP contribution in [0.2, 0.25) is 5.15 Å². The van der Waals surface area contributed by atoms with Crippen molar-refractivity contribution in [2.24, 2.45) is 5.92 Å². The Morgan fingerprint density at radius 3 is 3.13 bits per heavy atom. The Labute approximate surface area is 143 Å². The molecule has 126 valence electrons. The maximum atomic E-state index is 6.31. The lowest BCUT2D eigenvalue weighted by atomic mass is 9.98. The Bertz CT molecular complexity index is 592. The van der Waals surface area contributed by atoms with Gasteiger partial charge < -0.3 is 9.55 Å². The standard InChI is InChI=1S/C17H26ClN5/c1-2-3-6-16-20-15(17(18)21-16)12-22-8-4-5-14(10-22)11-23-9-7-19-13-23/h7,9,13-14H,2-6,8,10-12H2,1H3,(H,20,21)/t14-/m0/s1. The van der Waals surface area contributed by atoms with Gasteiger partial charge in [-0.2, -0.15) is 0 Å². The van der Waals surface area contributed by atoms with E-state index >= 15 is 0 Å². The summed E-state index contributed by atoms with van der Waals surface area (Å²) in [5, 5.41) is 0.646. The molecule has 0 spiro atoms. The summed E-state index contributed by atoms with van der Waals surface area (Å²) < 4.78 is 2.18. The van der Waals surface area contributed by atoms with E-state index in [1.54, 1.807) is 0 Å². The maximum absolute atomic E-state index is 6.31.